The molecule has 1 aliphatic carbocycles. The molecule has 1 saturated heterocycles. The van der Waals surface area contributed by atoms with Gasteiger partial charge in [-0.3, -0.25) is 9.59 Å². The Labute approximate surface area is 189 Å². The first kappa shape index (κ1) is 22.3. The van der Waals surface area contributed by atoms with Crippen LogP contribution < -0.4 is 11.1 Å². The number of aryl methyl sites for hydroxylation is 1. The minimum absolute atomic E-state index is 0.0612. The first-order chi connectivity index (χ1) is 14.7. The Morgan fingerprint density at radius 1 is 1.29 bits per heavy atom. The summed E-state index contributed by atoms with van der Waals surface area (Å²) in [6, 6.07) is 0. The van der Waals surface area contributed by atoms with Crippen molar-refractivity contribution in [1.82, 2.24) is 14.8 Å². The maximum Gasteiger partial charge on any atom is 0.251 e. The molecular formula is C19H25N5O4S3. The van der Waals surface area contributed by atoms with Crippen molar-refractivity contribution in [3.05, 3.63) is 21.8 Å². The van der Waals surface area contributed by atoms with E-state index in [0.29, 0.717) is 34.4 Å². The standard InChI is InChI=1S/C19H25N5O4S3/c1-24-14(8-11-6-7-31(27,28)10-11)22-23-19(24)29-9-15(25)21-18-16(17(20)26)12-4-2-3-5-13(12)30-18/h11H,2-10H2,1H3,(H2,20,26)(H,21,25)/t11-/m0/s1. The summed E-state index contributed by atoms with van der Waals surface area (Å²) in [5, 5.41) is 12.3. The van der Waals surface area contributed by atoms with Gasteiger partial charge in [0.25, 0.3) is 5.91 Å². The second-order valence-corrected chi connectivity index (χ2v) is 12.3. The molecule has 2 aromatic rings. The number of nitrogens with zero attached hydrogens (tertiary/aromatic N) is 3. The topological polar surface area (TPSA) is 137 Å². The number of thioether (sulfide) groups is 1. The second kappa shape index (κ2) is 8.91. The van der Waals surface area contributed by atoms with E-state index in [1.807, 2.05) is 11.6 Å². The molecule has 0 unspecified atom stereocenters. The molecule has 168 valence electrons. The summed E-state index contributed by atoms with van der Waals surface area (Å²) >= 11 is 2.69. The van der Waals surface area contributed by atoms with Crippen LogP contribution in [-0.4, -0.2) is 52.3 Å². The molecule has 3 N–H and O–H groups in total. The van der Waals surface area contributed by atoms with E-state index in [4.69, 9.17) is 5.73 Å². The summed E-state index contributed by atoms with van der Waals surface area (Å²) < 4.78 is 25.1. The van der Waals surface area contributed by atoms with Crippen LogP contribution in [0.5, 0.6) is 0 Å². The van der Waals surface area contributed by atoms with Crippen LogP contribution in [0.1, 0.15) is 45.9 Å². The Balaban J connectivity index is 1.37. The number of rotatable bonds is 7. The fourth-order valence-electron chi connectivity index (χ4n) is 4.15. The van der Waals surface area contributed by atoms with E-state index in [0.717, 1.165) is 36.1 Å². The van der Waals surface area contributed by atoms with E-state index in [1.165, 1.54) is 23.1 Å². The van der Waals surface area contributed by atoms with Gasteiger partial charge in [0, 0.05) is 18.3 Å². The van der Waals surface area contributed by atoms with E-state index < -0.39 is 15.7 Å². The number of nitrogens with one attached hydrogen (secondary N) is 1. The third kappa shape index (κ3) is 4.96. The van der Waals surface area contributed by atoms with Crippen LogP contribution in [0.2, 0.25) is 0 Å². The fraction of sp³-hybridized carbons (Fsp3) is 0.579. The quantitative estimate of drug-likeness (QED) is 0.570. The fourth-order valence-corrected chi connectivity index (χ4v) is 8.05. The molecule has 2 aliphatic rings. The van der Waals surface area contributed by atoms with E-state index in [1.54, 1.807) is 0 Å². The molecular weight excluding hydrogens is 458 g/mol. The molecule has 31 heavy (non-hydrogen) atoms. The maximum absolute atomic E-state index is 12.5. The Morgan fingerprint density at radius 2 is 2.06 bits per heavy atom. The zero-order chi connectivity index (χ0) is 22.2. The highest BCUT2D eigenvalue weighted by atomic mass is 32.2. The average Bonchev–Trinajstić information content (AvgIpc) is 3.35. The van der Waals surface area contributed by atoms with Crippen molar-refractivity contribution < 1.29 is 18.0 Å². The number of hydrogen-bond acceptors (Lipinski definition) is 8. The number of nitrogens with two attached hydrogens (primary N) is 1. The molecule has 1 aliphatic heterocycles. The highest BCUT2D eigenvalue weighted by Gasteiger charge is 2.29. The molecule has 0 radical (unpaired) electrons. The number of aromatic nitrogens is 3. The number of sulfone groups is 1. The van der Waals surface area contributed by atoms with Crippen LogP contribution in [0.25, 0.3) is 0 Å². The molecule has 9 nitrogen and oxygen atoms in total. The van der Waals surface area contributed by atoms with E-state index in [-0.39, 0.29) is 29.1 Å². The van der Waals surface area contributed by atoms with Crippen molar-refractivity contribution in [1.29, 1.82) is 0 Å². The Bertz CT molecular complexity index is 1120. The largest absolute Gasteiger partial charge is 0.365 e. The smallest absolute Gasteiger partial charge is 0.251 e. The highest BCUT2D eigenvalue weighted by molar-refractivity contribution is 7.99. The third-order valence-corrected chi connectivity index (χ3v) is 9.79. The van der Waals surface area contributed by atoms with Crippen LogP contribution in [0.4, 0.5) is 5.00 Å². The summed E-state index contributed by atoms with van der Waals surface area (Å²) in [7, 11) is -1.11. The van der Waals surface area contributed by atoms with E-state index in [2.05, 4.69) is 15.5 Å². The molecule has 0 saturated carbocycles. The zero-order valence-electron chi connectivity index (χ0n) is 17.2. The summed E-state index contributed by atoms with van der Waals surface area (Å²) in [6.45, 7) is 0. The van der Waals surface area contributed by atoms with Crippen molar-refractivity contribution in [2.24, 2.45) is 18.7 Å². The molecule has 0 spiro atoms. The van der Waals surface area contributed by atoms with Gasteiger partial charge in [0.2, 0.25) is 5.91 Å². The molecule has 0 bridgehead atoms. The summed E-state index contributed by atoms with van der Waals surface area (Å²) in [5.41, 5.74) is 7.02. The number of thiophene rings is 1. The maximum atomic E-state index is 12.5. The molecule has 3 heterocycles. The summed E-state index contributed by atoms with van der Waals surface area (Å²) in [4.78, 5) is 25.6. The average molecular weight is 484 g/mol. The van der Waals surface area contributed by atoms with Gasteiger partial charge in [-0.15, -0.1) is 21.5 Å². The first-order valence-electron chi connectivity index (χ1n) is 10.2. The van der Waals surface area contributed by atoms with Gasteiger partial charge in [-0.2, -0.15) is 0 Å². The predicted molar refractivity (Wildman–Crippen MR) is 120 cm³/mol. The number of primary amides is 1. The van der Waals surface area contributed by atoms with Crippen LogP contribution in [-0.2, 0) is 40.9 Å². The number of fused-ring (bicyclic) bond motifs is 1. The number of amides is 2. The predicted octanol–water partition coefficient (Wildman–Crippen LogP) is 1.56. The van der Waals surface area contributed by atoms with Crippen LogP contribution in [0.3, 0.4) is 0 Å². The third-order valence-electron chi connectivity index (χ3n) is 5.73. The van der Waals surface area contributed by atoms with Crippen LogP contribution in [0, 0.1) is 5.92 Å². The van der Waals surface area contributed by atoms with Gasteiger partial charge in [0.05, 0.1) is 22.8 Å². The Hall–Kier alpha value is -1.92. The summed E-state index contributed by atoms with van der Waals surface area (Å²) in [5.74, 6) is 0.573. The van der Waals surface area contributed by atoms with Crippen molar-refractivity contribution in [2.75, 3.05) is 22.6 Å². The lowest BCUT2D eigenvalue weighted by molar-refractivity contribution is -0.113. The van der Waals surface area contributed by atoms with Gasteiger partial charge in [0.1, 0.15) is 10.8 Å². The molecule has 4 rings (SSSR count). The highest BCUT2D eigenvalue weighted by Crippen LogP contribution is 2.38. The van der Waals surface area contributed by atoms with Gasteiger partial charge in [-0.1, -0.05) is 11.8 Å². The normalized spacial score (nSPS) is 19.8. The van der Waals surface area contributed by atoms with E-state index in [9.17, 15) is 18.0 Å². The lowest BCUT2D eigenvalue weighted by Crippen LogP contribution is -2.19. The van der Waals surface area contributed by atoms with Gasteiger partial charge in [0.15, 0.2) is 15.0 Å². The Morgan fingerprint density at radius 3 is 2.77 bits per heavy atom. The van der Waals surface area contributed by atoms with Crippen molar-refractivity contribution >= 4 is 49.8 Å². The number of anilines is 1. The van der Waals surface area contributed by atoms with Crippen molar-refractivity contribution in [3.63, 3.8) is 0 Å². The zero-order valence-corrected chi connectivity index (χ0v) is 19.7. The SMILES string of the molecule is Cn1c(C[C@@H]2CCS(=O)(=O)C2)nnc1SCC(=O)Nc1sc2c(c1C(N)=O)CCCC2. The molecule has 1 atom stereocenters. The van der Waals surface area contributed by atoms with Crippen LogP contribution in [0.15, 0.2) is 5.16 Å². The monoisotopic (exact) mass is 483 g/mol. The molecule has 0 aromatic carbocycles. The van der Waals surface area contributed by atoms with Crippen LogP contribution >= 0.6 is 23.1 Å². The summed E-state index contributed by atoms with van der Waals surface area (Å²) in [6.07, 6.45) is 5.03. The number of carbonyl (C=O) groups is 2. The van der Waals surface area contributed by atoms with Gasteiger partial charge in [-0.25, -0.2) is 8.42 Å². The second-order valence-electron chi connectivity index (χ2n) is 8.05. The molecule has 12 heteroatoms. The lowest BCUT2D eigenvalue weighted by atomic mass is 9.95. The van der Waals surface area contributed by atoms with Gasteiger partial charge in [-0.05, 0) is 43.6 Å². The molecule has 2 aromatic heterocycles. The molecule has 2 amide bonds. The van der Waals surface area contributed by atoms with Crippen molar-refractivity contribution in [3.8, 4) is 0 Å². The first-order valence-corrected chi connectivity index (χ1v) is 13.8. The molecule has 1 fully saturated rings. The number of hydrogen-bond donors (Lipinski definition) is 2. The minimum atomic E-state index is -2.93. The van der Waals surface area contributed by atoms with Gasteiger partial charge < -0.3 is 15.6 Å². The number of carbonyl (C=O) groups excluding carboxylic acids is 2. The van der Waals surface area contributed by atoms with E-state index >= 15 is 0 Å². The van der Waals surface area contributed by atoms with Gasteiger partial charge >= 0.3 is 0 Å². The lowest BCUT2D eigenvalue weighted by Gasteiger charge is -2.11. The Kier molecular flexibility index (Phi) is 6.40. The van der Waals surface area contributed by atoms with Crippen molar-refractivity contribution in [2.45, 2.75) is 43.7 Å². The minimum Gasteiger partial charge on any atom is -0.365 e.